The number of aldehydes is 1. The maximum Gasteiger partial charge on any atom is 0.252 e. The molecule has 5 rings (SSSR count). The number of nitriles is 2. The van der Waals surface area contributed by atoms with E-state index in [0.717, 1.165) is 80.4 Å². The molecule has 2 saturated heterocycles. The molecule has 3 aromatic rings. The third-order valence-corrected chi connectivity index (χ3v) is 7.83. The van der Waals surface area contributed by atoms with E-state index >= 15 is 0 Å². The lowest BCUT2D eigenvalue weighted by Crippen LogP contribution is -2.45. The number of nitrogens with zero attached hydrogens (tertiary/aromatic N) is 4. The van der Waals surface area contributed by atoms with Crippen molar-refractivity contribution >= 4 is 46.1 Å². The number of piperidine rings is 2. The minimum absolute atomic E-state index is 0.00144. The number of carbonyl (C=O) groups is 2. The summed E-state index contributed by atoms with van der Waals surface area (Å²) in [4.78, 5) is 31.7. The normalized spacial score (nSPS) is 16.8. The van der Waals surface area contributed by atoms with Crippen LogP contribution in [0.2, 0.25) is 5.02 Å². The number of H-pyrrole nitrogens is 1. The van der Waals surface area contributed by atoms with Gasteiger partial charge in [-0.1, -0.05) is 11.6 Å². The third kappa shape index (κ3) is 4.85. The van der Waals surface area contributed by atoms with Gasteiger partial charge < -0.3 is 24.9 Å². The molecule has 0 unspecified atom stereocenters. The summed E-state index contributed by atoms with van der Waals surface area (Å²) in [6.07, 6.45) is 5.82. The Morgan fingerprint density at radius 1 is 1.00 bits per heavy atom. The second-order valence-corrected chi connectivity index (χ2v) is 10.1. The number of hydrogen-bond donors (Lipinski definition) is 2. The van der Waals surface area contributed by atoms with E-state index in [1.54, 1.807) is 18.3 Å². The minimum atomic E-state index is -0.238. The molecule has 3 heterocycles. The van der Waals surface area contributed by atoms with Gasteiger partial charge in [-0.3, -0.25) is 4.79 Å². The monoisotopic (exact) mass is 514 g/mol. The fourth-order valence-corrected chi connectivity index (χ4v) is 5.64. The van der Waals surface area contributed by atoms with E-state index in [2.05, 4.69) is 32.2 Å². The molecular weight excluding hydrogens is 488 g/mol. The average Bonchev–Trinajstić information content (AvgIpc) is 3.39. The van der Waals surface area contributed by atoms with Gasteiger partial charge in [0.2, 0.25) is 0 Å². The van der Waals surface area contributed by atoms with Crippen LogP contribution >= 0.6 is 11.6 Å². The van der Waals surface area contributed by atoms with Crippen molar-refractivity contribution in [3.05, 3.63) is 58.2 Å². The highest BCUT2D eigenvalue weighted by Gasteiger charge is 2.25. The molecule has 2 aromatic carbocycles. The fourth-order valence-electron chi connectivity index (χ4n) is 5.38. The van der Waals surface area contributed by atoms with Crippen molar-refractivity contribution in [1.29, 1.82) is 10.5 Å². The molecule has 2 N–H and O–H groups in total. The van der Waals surface area contributed by atoms with Crippen LogP contribution in [-0.2, 0) is 4.79 Å². The van der Waals surface area contributed by atoms with E-state index < -0.39 is 0 Å². The van der Waals surface area contributed by atoms with Crippen LogP contribution < -0.4 is 15.1 Å². The zero-order valence-electron chi connectivity index (χ0n) is 20.3. The summed E-state index contributed by atoms with van der Waals surface area (Å²) >= 11 is 6.35. The number of benzene rings is 2. The van der Waals surface area contributed by atoms with Crippen LogP contribution in [-0.4, -0.2) is 49.4 Å². The van der Waals surface area contributed by atoms with Gasteiger partial charge in [0.05, 0.1) is 32.9 Å². The summed E-state index contributed by atoms with van der Waals surface area (Å²) in [5.41, 5.74) is 4.00. The van der Waals surface area contributed by atoms with Crippen LogP contribution in [0.15, 0.2) is 36.5 Å². The van der Waals surface area contributed by atoms with Crippen LogP contribution in [0, 0.1) is 28.6 Å². The Kier molecular flexibility index (Phi) is 7.03. The van der Waals surface area contributed by atoms with Crippen molar-refractivity contribution in [3.63, 3.8) is 0 Å². The van der Waals surface area contributed by atoms with Gasteiger partial charge in [-0.2, -0.15) is 10.5 Å². The highest BCUT2D eigenvalue weighted by atomic mass is 35.5. The first-order valence-corrected chi connectivity index (χ1v) is 12.9. The minimum Gasteiger partial charge on any atom is -0.371 e. The smallest absolute Gasteiger partial charge is 0.252 e. The van der Waals surface area contributed by atoms with Gasteiger partial charge in [-0.05, 0) is 56.0 Å². The largest absolute Gasteiger partial charge is 0.371 e. The first-order valence-electron chi connectivity index (χ1n) is 12.5. The predicted molar refractivity (Wildman–Crippen MR) is 143 cm³/mol. The summed E-state index contributed by atoms with van der Waals surface area (Å²) in [5.74, 6) is -0.134. The molecule has 1 aromatic heterocycles. The van der Waals surface area contributed by atoms with E-state index in [0.29, 0.717) is 21.7 Å². The van der Waals surface area contributed by atoms with Gasteiger partial charge >= 0.3 is 0 Å². The molecule has 188 valence electrons. The Bertz CT molecular complexity index is 1420. The maximum absolute atomic E-state index is 13.1. The number of halogens is 1. The van der Waals surface area contributed by atoms with Gasteiger partial charge in [0, 0.05) is 55.4 Å². The molecule has 0 radical (unpaired) electrons. The second kappa shape index (κ2) is 10.5. The van der Waals surface area contributed by atoms with Crippen LogP contribution in [0.5, 0.6) is 0 Å². The van der Waals surface area contributed by atoms with Gasteiger partial charge in [0.1, 0.15) is 18.4 Å². The van der Waals surface area contributed by atoms with Gasteiger partial charge in [-0.25, -0.2) is 0 Å². The van der Waals surface area contributed by atoms with Gasteiger partial charge in [0.15, 0.2) is 0 Å². The Morgan fingerprint density at radius 2 is 1.70 bits per heavy atom. The number of carbonyl (C=O) groups excluding carboxylic acids is 2. The first kappa shape index (κ1) is 24.7. The van der Waals surface area contributed by atoms with Crippen molar-refractivity contribution in [1.82, 2.24) is 10.3 Å². The van der Waals surface area contributed by atoms with E-state index in [1.807, 2.05) is 18.2 Å². The topological polar surface area (TPSA) is 116 Å². The first-order chi connectivity index (χ1) is 18.0. The lowest BCUT2D eigenvalue weighted by molar-refractivity contribution is -0.111. The third-order valence-electron chi connectivity index (χ3n) is 7.52. The number of rotatable bonds is 5. The average molecular weight is 515 g/mol. The highest BCUT2D eigenvalue weighted by Crippen LogP contribution is 2.35. The van der Waals surface area contributed by atoms with Gasteiger partial charge in [0.25, 0.3) is 5.91 Å². The molecule has 0 spiro atoms. The summed E-state index contributed by atoms with van der Waals surface area (Å²) in [5, 5.41) is 23.5. The number of aromatic amines is 1. The SMILES string of the molecule is N#Cc1cc(N2CCC(C=O)CC2)ccc1C(=O)NC1CCN(c2ccc(Cl)c3c(C#N)c[nH]c23)CC1. The number of amides is 1. The molecule has 2 aliphatic heterocycles. The maximum atomic E-state index is 13.1. The number of fused-ring (bicyclic) bond motifs is 1. The molecule has 9 heteroatoms. The van der Waals surface area contributed by atoms with E-state index in [9.17, 15) is 20.1 Å². The number of anilines is 2. The lowest BCUT2D eigenvalue weighted by atomic mass is 9.97. The fraction of sp³-hybridized carbons (Fsp3) is 0.357. The van der Waals surface area contributed by atoms with Crippen LogP contribution in [0.1, 0.15) is 47.2 Å². The molecule has 0 saturated carbocycles. The zero-order valence-corrected chi connectivity index (χ0v) is 21.1. The van der Waals surface area contributed by atoms with E-state index in [4.69, 9.17) is 11.6 Å². The number of aromatic nitrogens is 1. The zero-order chi connectivity index (χ0) is 25.9. The standard InChI is InChI=1S/C28H27ClN6O2/c29-24-3-4-25(27-26(24)20(15-31)16-32-27)35-11-7-21(8-12-35)33-28(37)23-2-1-22(13-19(23)14-30)34-9-5-18(17-36)6-10-34/h1-4,13,16-18,21,32H,5-12H2,(H,33,37). The summed E-state index contributed by atoms with van der Waals surface area (Å²) in [7, 11) is 0. The molecule has 8 nitrogen and oxygen atoms in total. The quantitative estimate of drug-likeness (QED) is 0.488. The number of hydrogen-bond acceptors (Lipinski definition) is 6. The molecular formula is C28H27ClN6O2. The van der Waals surface area contributed by atoms with Gasteiger partial charge in [-0.15, -0.1) is 0 Å². The molecule has 0 atom stereocenters. The Morgan fingerprint density at radius 3 is 2.38 bits per heavy atom. The Labute approximate surface area is 220 Å². The molecule has 0 aliphatic carbocycles. The predicted octanol–water partition coefficient (Wildman–Crippen LogP) is 4.38. The lowest BCUT2D eigenvalue weighted by Gasteiger charge is -2.34. The second-order valence-electron chi connectivity index (χ2n) is 9.67. The Balaban J connectivity index is 1.23. The molecule has 0 bridgehead atoms. The van der Waals surface area contributed by atoms with Crippen molar-refractivity contribution in [2.45, 2.75) is 31.7 Å². The van der Waals surface area contributed by atoms with Crippen LogP contribution in [0.3, 0.4) is 0 Å². The summed E-state index contributed by atoms with van der Waals surface area (Å²) < 4.78 is 0. The van der Waals surface area contributed by atoms with Crippen LogP contribution in [0.25, 0.3) is 10.9 Å². The van der Waals surface area contributed by atoms with E-state index in [1.165, 1.54) is 0 Å². The number of nitrogens with one attached hydrogen (secondary N) is 2. The molecule has 2 aliphatic rings. The van der Waals surface area contributed by atoms with Crippen molar-refractivity contribution in [3.8, 4) is 12.1 Å². The summed E-state index contributed by atoms with van der Waals surface area (Å²) in [6.45, 7) is 3.00. The Hall–Kier alpha value is -4.01. The van der Waals surface area contributed by atoms with E-state index in [-0.39, 0.29) is 17.9 Å². The van der Waals surface area contributed by atoms with Crippen molar-refractivity contribution < 1.29 is 9.59 Å². The molecule has 37 heavy (non-hydrogen) atoms. The molecule has 1 amide bonds. The highest BCUT2D eigenvalue weighted by molar-refractivity contribution is 6.36. The van der Waals surface area contributed by atoms with Crippen LogP contribution in [0.4, 0.5) is 11.4 Å². The molecule has 2 fully saturated rings. The van der Waals surface area contributed by atoms with Crippen molar-refractivity contribution in [2.24, 2.45) is 5.92 Å². The van der Waals surface area contributed by atoms with Crippen molar-refractivity contribution in [2.75, 3.05) is 36.0 Å². The summed E-state index contributed by atoms with van der Waals surface area (Å²) in [6, 6.07) is 13.5.